The highest BCUT2D eigenvalue weighted by atomic mass is 32.2. The summed E-state index contributed by atoms with van der Waals surface area (Å²) in [6.07, 6.45) is 0.759. The van der Waals surface area contributed by atoms with Crippen LogP contribution in [0.4, 0.5) is 0 Å². The zero-order valence-corrected chi connectivity index (χ0v) is 8.30. The van der Waals surface area contributed by atoms with E-state index in [4.69, 9.17) is 0 Å². The molecule has 0 aromatic carbocycles. The standard InChI is InChI=1S/C8H12N2O2S/c1-2-8(12)4-10(5-8)7-9-6(11)3-13-7/h12H,2-5H2,1H3. The molecule has 0 aromatic heterocycles. The van der Waals surface area contributed by atoms with E-state index in [1.54, 1.807) is 0 Å². The third-order valence-electron chi connectivity index (χ3n) is 2.44. The number of thioether (sulfide) groups is 1. The van der Waals surface area contributed by atoms with Crippen LogP contribution in [0.15, 0.2) is 4.99 Å². The molecule has 72 valence electrons. The molecule has 4 nitrogen and oxygen atoms in total. The van der Waals surface area contributed by atoms with Gasteiger partial charge in [0.15, 0.2) is 5.17 Å². The summed E-state index contributed by atoms with van der Waals surface area (Å²) < 4.78 is 0. The largest absolute Gasteiger partial charge is 0.386 e. The molecule has 1 N–H and O–H groups in total. The third-order valence-corrected chi connectivity index (χ3v) is 3.44. The number of hydrogen-bond acceptors (Lipinski definition) is 4. The van der Waals surface area contributed by atoms with Crippen molar-refractivity contribution in [3.05, 3.63) is 0 Å². The van der Waals surface area contributed by atoms with E-state index < -0.39 is 5.60 Å². The van der Waals surface area contributed by atoms with Gasteiger partial charge in [0.25, 0.3) is 5.91 Å². The minimum atomic E-state index is -0.547. The lowest BCUT2D eigenvalue weighted by molar-refractivity contribution is -0.115. The van der Waals surface area contributed by atoms with E-state index in [2.05, 4.69) is 4.99 Å². The summed E-state index contributed by atoms with van der Waals surface area (Å²) >= 11 is 1.46. The summed E-state index contributed by atoms with van der Waals surface area (Å²) in [7, 11) is 0. The monoisotopic (exact) mass is 200 g/mol. The molecule has 0 unspecified atom stereocenters. The predicted octanol–water partition coefficient (Wildman–Crippen LogP) is 0.0725. The maximum atomic E-state index is 10.8. The van der Waals surface area contributed by atoms with Crippen LogP contribution in [0, 0.1) is 0 Å². The molecule has 2 heterocycles. The number of carbonyl (C=O) groups is 1. The highest BCUT2D eigenvalue weighted by molar-refractivity contribution is 8.14. The molecule has 0 bridgehead atoms. The Balaban J connectivity index is 1.94. The molecular weight excluding hydrogens is 188 g/mol. The minimum absolute atomic E-state index is 0.0630. The summed E-state index contributed by atoms with van der Waals surface area (Å²) in [6.45, 7) is 3.19. The molecule has 1 amide bonds. The normalized spacial score (nSPS) is 25.8. The van der Waals surface area contributed by atoms with Gasteiger partial charge in [-0.25, -0.2) is 0 Å². The highest BCUT2D eigenvalue weighted by Gasteiger charge is 2.42. The maximum Gasteiger partial charge on any atom is 0.258 e. The number of amides is 1. The van der Waals surface area contributed by atoms with Gasteiger partial charge in [0.05, 0.1) is 24.4 Å². The predicted molar refractivity (Wildman–Crippen MR) is 51.7 cm³/mol. The van der Waals surface area contributed by atoms with Gasteiger partial charge >= 0.3 is 0 Å². The Morgan fingerprint density at radius 2 is 2.38 bits per heavy atom. The van der Waals surface area contributed by atoms with Gasteiger partial charge in [-0.15, -0.1) is 0 Å². The van der Waals surface area contributed by atoms with E-state index in [-0.39, 0.29) is 5.91 Å². The van der Waals surface area contributed by atoms with Crippen LogP contribution in [0.25, 0.3) is 0 Å². The van der Waals surface area contributed by atoms with Crippen LogP contribution >= 0.6 is 11.8 Å². The first-order chi connectivity index (χ1) is 6.13. The average molecular weight is 200 g/mol. The van der Waals surface area contributed by atoms with Gasteiger partial charge in [-0.2, -0.15) is 4.99 Å². The van der Waals surface area contributed by atoms with Crippen molar-refractivity contribution < 1.29 is 9.90 Å². The van der Waals surface area contributed by atoms with E-state index in [0.717, 1.165) is 11.6 Å². The van der Waals surface area contributed by atoms with Crippen LogP contribution in [0.5, 0.6) is 0 Å². The van der Waals surface area contributed by atoms with Gasteiger partial charge in [-0.1, -0.05) is 18.7 Å². The van der Waals surface area contributed by atoms with Crippen molar-refractivity contribution >= 4 is 22.8 Å². The number of likely N-dealkylation sites (tertiary alicyclic amines) is 1. The Morgan fingerprint density at radius 1 is 1.69 bits per heavy atom. The van der Waals surface area contributed by atoms with Crippen molar-refractivity contribution in [2.45, 2.75) is 18.9 Å². The van der Waals surface area contributed by atoms with Crippen molar-refractivity contribution in [3.8, 4) is 0 Å². The number of aliphatic imine (C=N–C) groups is 1. The Bertz CT molecular complexity index is 271. The van der Waals surface area contributed by atoms with Crippen LogP contribution < -0.4 is 0 Å². The molecule has 0 aromatic rings. The number of rotatable bonds is 1. The molecule has 0 atom stereocenters. The van der Waals surface area contributed by atoms with Crippen LogP contribution in [0.2, 0.25) is 0 Å². The second-order valence-corrected chi connectivity index (χ2v) is 4.45. The Hall–Kier alpha value is -0.550. The first-order valence-electron chi connectivity index (χ1n) is 4.35. The molecule has 1 fully saturated rings. The SMILES string of the molecule is CCC1(O)CN(C2=NC(=O)CS2)C1. The Labute approximate surface area is 81.0 Å². The topological polar surface area (TPSA) is 52.9 Å². The zero-order valence-electron chi connectivity index (χ0n) is 7.49. The summed E-state index contributed by atoms with van der Waals surface area (Å²) in [5.41, 5.74) is -0.547. The smallest absolute Gasteiger partial charge is 0.258 e. The van der Waals surface area contributed by atoms with E-state index in [1.165, 1.54) is 11.8 Å². The molecule has 2 rings (SSSR count). The summed E-state index contributed by atoms with van der Waals surface area (Å²) in [4.78, 5) is 16.7. The number of amidine groups is 1. The van der Waals surface area contributed by atoms with Crippen molar-refractivity contribution in [3.63, 3.8) is 0 Å². The van der Waals surface area contributed by atoms with Crippen molar-refractivity contribution in [2.75, 3.05) is 18.8 Å². The van der Waals surface area contributed by atoms with E-state index >= 15 is 0 Å². The van der Waals surface area contributed by atoms with Crippen LogP contribution in [0.1, 0.15) is 13.3 Å². The van der Waals surface area contributed by atoms with Crippen LogP contribution in [-0.2, 0) is 4.79 Å². The Kier molecular flexibility index (Phi) is 2.08. The molecular formula is C8H12N2O2S. The van der Waals surface area contributed by atoms with Gasteiger partial charge in [0.1, 0.15) is 0 Å². The number of hydrogen-bond donors (Lipinski definition) is 1. The van der Waals surface area contributed by atoms with Crippen molar-refractivity contribution in [1.29, 1.82) is 0 Å². The molecule has 0 radical (unpaired) electrons. The van der Waals surface area contributed by atoms with Crippen LogP contribution in [0.3, 0.4) is 0 Å². The van der Waals surface area contributed by atoms with E-state index in [0.29, 0.717) is 18.8 Å². The van der Waals surface area contributed by atoms with Crippen molar-refractivity contribution in [2.24, 2.45) is 4.99 Å². The second kappa shape index (κ2) is 2.99. The molecule has 0 aliphatic carbocycles. The second-order valence-electron chi connectivity index (χ2n) is 3.51. The minimum Gasteiger partial charge on any atom is -0.386 e. The first kappa shape index (κ1) is 9.02. The summed E-state index contributed by atoms with van der Waals surface area (Å²) in [5.74, 6) is 0.392. The summed E-state index contributed by atoms with van der Waals surface area (Å²) in [6, 6.07) is 0. The fraction of sp³-hybridized carbons (Fsp3) is 0.750. The van der Waals surface area contributed by atoms with Gasteiger partial charge in [0.2, 0.25) is 0 Å². The lowest BCUT2D eigenvalue weighted by Crippen LogP contribution is -2.62. The molecule has 13 heavy (non-hydrogen) atoms. The fourth-order valence-electron chi connectivity index (χ4n) is 1.48. The lowest BCUT2D eigenvalue weighted by atomic mass is 9.92. The molecule has 0 spiro atoms. The van der Waals surface area contributed by atoms with Crippen LogP contribution in [-0.4, -0.2) is 45.5 Å². The number of aliphatic hydroxyl groups is 1. The number of β-amino-alcohol motifs (C(OH)–C–C–N with tert-alkyl or cyclic N) is 1. The Morgan fingerprint density at radius 3 is 2.85 bits per heavy atom. The fourth-order valence-corrected chi connectivity index (χ4v) is 2.28. The molecule has 2 aliphatic heterocycles. The maximum absolute atomic E-state index is 10.8. The lowest BCUT2D eigenvalue weighted by Gasteiger charge is -2.46. The highest BCUT2D eigenvalue weighted by Crippen LogP contribution is 2.29. The molecule has 2 aliphatic rings. The van der Waals surface area contributed by atoms with Gasteiger partial charge in [-0.3, -0.25) is 4.79 Å². The average Bonchev–Trinajstić information content (AvgIpc) is 2.46. The van der Waals surface area contributed by atoms with Gasteiger partial charge in [-0.05, 0) is 6.42 Å². The number of carbonyl (C=O) groups excluding carboxylic acids is 1. The molecule has 5 heteroatoms. The van der Waals surface area contributed by atoms with E-state index in [9.17, 15) is 9.90 Å². The zero-order chi connectivity index (χ0) is 9.47. The van der Waals surface area contributed by atoms with Crippen molar-refractivity contribution in [1.82, 2.24) is 4.90 Å². The van der Waals surface area contributed by atoms with Gasteiger partial charge < -0.3 is 10.0 Å². The third kappa shape index (κ3) is 1.58. The quantitative estimate of drug-likeness (QED) is 0.651. The van der Waals surface area contributed by atoms with E-state index in [1.807, 2.05) is 11.8 Å². The van der Waals surface area contributed by atoms with Gasteiger partial charge in [0, 0.05) is 0 Å². The molecule has 1 saturated heterocycles. The number of nitrogens with zero attached hydrogens (tertiary/aromatic N) is 2. The summed E-state index contributed by atoms with van der Waals surface area (Å²) in [5, 5.41) is 10.5. The first-order valence-corrected chi connectivity index (χ1v) is 5.33. The molecule has 0 saturated carbocycles.